The summed E-state index contributed by atoms with van der Waals surface area (Å²) in [7, 11) is 0. The van der Waals surface area contributed by atoms with E-state index in [1.807, 2.05) is 13.8 Å². The highest BCUT2D eigenvalue weighted by Gasteiger charge is 2.25. The highest BCUT2D eigenvalue weighted by Crippen LogP contribution is 2.29. The first-order chi connectivity index (χ1) is 13.0. The molecule has 1 amide bonds. The number of carbonyl (C=O) groups is 1. The number of amides is 1. The van der Waals surface area contributed by atoms with Gasteiger partial charge in [0.25, 0.3) is 5.22 Å². The van der Waals surface area contributed by atoms with E-state index in [2.05, 4.69) is 15.5 Å². The van der Waals surface area contributed by atoms with Gasteiger partial charge in [-0.15, -0.1) is 10.2 Å². The Morgan fingerprint density at radius 1 is 1.36 bits per heavy atom. The third kappa shape index (κ3) is 6.98. The molecule has 1 atom stereocenters. The molecule has 0 radical (unpaired) electrons. The summed E-state index contributed by atoms with van der Waals surface area (Å²) in [6.07, 6.45) is 0.0497. The Kier molecular flexibility index (Phi) is 7.71. The van der Waals surface area contributed by atoms with Crippen molar-refractivity contribution in [2.24, 2.45) is 5.92 Å². The van der Waals surface area contributed by atoms with E-state index >= 15 is 0 Å². The van der Waals surface area contributed by atoms with E-state index in [9.17, 15) is 9.18 Å². The number of ether oxygens (including phenoxy) is 1. The normalized spacial score (nSPS) is 12.9. The topological polar surface area (TPSA) is 77.2 Å². The number of rotatable bonds is 7. The summed E-state index contributed by atoms with van der Waals surface area (Å²) in [5.41, 5.74) is -0.235. The first-order valence-electron chi connectivity index (χ1n) is 8.93. The van der Waals surface area contributed by atoms with Crippen LogP contribution in [-0.2, 0) is 10.5 Å². The van der Waals surface area contributed by atoms with Crippen LogP contribution in [0.3, 0.4) is 0 Å². The number of alkyl carbamates (subject to hydrolysis) is 1. The second kappa shape index (κ2) is 9.60. The number of benzene rings is 1. The lowest BCUT2D eigenvalue weighted by atomic mass is 10.0. The molecule has 1 heterocycles. The zero-order chi connectivity index (χ0) is 20.9. The Morgan fingerprint density at radius 2 is 2.07 bits per heavy atom. The molecule has 0 unspecified atom stereocenters. The first-order valence-corrected chi connectivity index (χ1v) is 10.3. The van der Waals surface area contributed by atoms with Crippen LogP contribution < -0.4 is 5.32 Å². The van der Waals surface area contributed by atoms with Gasteiger partial charge in [-0.25, -0.2) is 9.18 Å². The van der Waals surface area contributed by atoms with E-state index in [1.165, 1.54) is 17.8 Å². The van der Waals surface area contributed by atoms with E-state index in [0.29, 0.717) is 17.0 Å². The second-order valence-electron chi connectivity index (χ2n) is 7.72. The van der Waals surface area contributed by atoms with Crippen LogP contribution in [-0.4, -0.2) is 21.9 Å². The van der Waals surface area contributed by atoms with Crippen LogP contribution in [0.5, 0.6) is 0 Å². The molecule has 6 nitrogen and oxygen atoms in total. The van der Waals surface area contributed by atoms with Gasteiger partial charge in [-0.05, 0) is 45.2 Å². The monoisotopic (exact) mass is 429 g/mol. The predicted octanol–water partition coefficient (Wildman–Crippen LogP) is 5.77. The molecule has 0 spiro atoms. The van der Waals surface area contributed by atoms with Crippen LogP contribution in [0.2, 0.25) is 5.02 Å². The minimum Gasteiger partial charge on any atom is -0.444 e. The maximum Gasteiger partial charge on any atom is 0.408 e. The summed E-state index contributed by atoms with van der Waals surface area (Å²) in [5.74, 6) is 0.424. The Labute approximate surface area is 173 Å². The summed E-state index contributed by atoms with van der Waals surface area (Å²) in [6, 6.07) is 4.05. The number of carbonyl (C=O) groups excluding carboxylic acids is 1. The standard InChI is InChI=1S/C19H25ClFN3O3S/c1-11(2)9-15(22-17(25)27-19(3,4)5)16-23-24-18(26-16)28-10-12-13(20)7-6-8-14(12)21/h6-8,11,15H,9-10H2,1-5H3,(H,22,25)/t15-/m1/s1. The van der Waals surface area contributed by atoms with Crippen LogP contribution in [0.1, 0.15) is 58.5 Å². The van der Waals surface area contributed by atoms with Crippen molar-refractivity contribution in [2.75, 3.05) is 0 Å². The summed E-state index contributed by atoms with van der Waals surface area (Å²) in [5, 5.41) is 11.4. The van der Waals surface area contributed by atoms with Crippen molar-refractivity contribution in [2.45, 2.75) is 63.7 Å². The number of aromatic nitrogens is 2. The van der Waals surface area contributed by atoms with Crippen molar-refractivity contribution < 1.29 is 18.3 Å². The molecule has 0 saturated carbocycles. The zero-order valence-corrected chi connectivity index (χ0v) is 18.2. The van der Waals surface area contributed by atoms with Crippen molar-refractivity contribution in [1.82, 2.24) is 15.5 Å². The van der Waals surface area contributed by atoms with Crippen LogP contribution in [0.25, 0.3) is 0 Å². The van der Waals surface area contributed by atoms with Crippen LogP contribution >= 0.6 is 23.4 Å². The Balaban J connectivity index is 2.07. The molecule has 0 saturated heterocycles. The van der Waals surface area contributed by atoms with Gasteiger partial charge in [0.15, 0.2) is 0 Å². The average Bonchev–Trinajstić information content (AvgIpc) is 3.00. The first kappa shape index (κ1) is 22.5. The molecule has 0 bridgehead atoms. The van der Waals surface area contributed by atoms with E-state index in [-0.39, 0.29) is 28.6 Å². The minimum atomic E-state index is -0.610. The summed E-state index contributed by atoms with van der Waals surface area (Å²) in [6.45, 7) is 9.42. The zero-order valence-electron chi connectivity index (χ0n) is 16.6. The van der Waals surface area contributed by atoms with Crippen LogP contribution in [0.15, 0.2) is 27.8 Å². The molecule has 1 aromatic heterocycles. The Bertz CT molecular complexity index is 788. The van der Waals surface area contributed by atoms with Crippen molar-refractivity contribution in [3.8, 4) is 0 Å². The molecule has 0 aliphatic carbocycles. The maximum absolute atomic E-state index is 13.9. The molecular weight excluding hydrogens is 405 g/mol. The lowest BCUT2D eigenvalue weighted by Gasteiger charge is -2.22. The number of thioether (sulfide) groups is 1. The largest absolute Gasteiger partial charge is 0.444 e. The molecule has 9 heteroatoms. The summed E-state index contributed by atoms with van der Waals surface area (Å²) >= 11 is 7.22. The van der Waals surface area contributed by atoms with Gasteiger partial charge in [-0.2, -0.15) is 0 Å². The number of hydrogen-bond acceptors (Lipinski definition) is 6. The molecule has 1 N–H and O–H groups in total. The summed E-state index contributed by atoms with van der Waals surface area (Å²) in [4.78, 5) is 12.1. The minimum absolute atomic E-state index is 0.251. The molecule has 2 rings (SSSR count). The third-order valence-electron chi connectivity index (χ3n) is 3.52. The van der Waals surface area contributed by atoms with Crippen molar-refractivity contribution >= 4 is 29.5 Å². The molecule has 2 aromatic rings. The van der Waals surface area contributed by atoms with Gasteiger partial charge in [0, 0.05) is 16.3 Å². The Morgan fingerprint density at radius 3 is 2.68 bits per heavy atom. The van der Waals surface area contributed by atoms with E-state index in [4.69, 9.17) is 20.8 Å². The SMILES string of the molecule is CC(C)C[C@@H](NC(=O)OC(C)(C)C)c1nnc(SCc2c(F)cccc2Cl)o1. The van der Waals surface area contributed by atoms with Crippen molar-refractivity contribution in [3.63, 3.8) is 0 Å². The van der Waals surface area contributed by atoms with Gasteiger partial charge in [-0.1, -0.05) is 43.3 Å². The number of nitrogens with one attached hydrogen (secondary N) is 1. The van der Waals surface area contributed by atoms with Gasteiger partial charge in [0.1, 0.15) is 17.5 Å². The fourth-order valence-corrected chi connectivity index (χ4v) is 3.48. The highest BCUT2D eigenvalue weighted by atomic mass is 35.5. The second-order valence-corrected chi connectivity index (χ2v) is 9.06. The molecule has 0 fully saturated rings. The van der Waals surface area contributed by atoms with E-state index in [0.717, 1.165) is 0 Å². The van der Waals surface area contributed by atoms with E-state index < -0.39 is 17.7 Å². The summed E-state index contributed by atoms with van der Waals surface area (Å²) < 4.78 is 24.9. The average molecular weight is 430 g/mol. The lowest BCUT2D eigenvalue weighted by Crippen LogP contribution is -2.35. The molecular formula is C19H25ClFN3O3S. The van der Waals surface area contributed by atoms with Crippen molar-refractivity contribution in [3.05, 3.63) is 40.5 Å². The molecule has 1 aromatic carbocycles. The number of nitrogens with zero attached hydrogens (tertiary/aromatic N) is 2. The van der Waals surface area contributed by atoms with Gasteiger partial charge >= 0.3 is 6.09 Å². The molecule has 0 aliphatic heterocycles. The van der Waals surface area contributed by atoms with Gasteiger partial charge < -0.3 is 14.5 Å². The quantitative estimate of drug-likeness (QED) is 0.563. The maximum atomic E-state index is 13.9. The smallest absolute Gasteiger partial charge is 0.408 e. The number of halogens is 2. The van der Waals surface area contributed by atoms with Gasteiger partial charge in [0.2, 0.25) is 5.89 Å². The van der Waals surface area contributed by atoms with Crippen molar-refractivity contribution in [1.29, 1.82) is 0 Å². The molecule has 28 heavy (non-hydrogen) atoms. The van der Waals surface area contributed by atoms with E-state index in [1.54, 1.807) is 32.9 Å². The van der Waals surface area contributed by atoms with Gasteiger partial charge in [-0.3, -0.25) is 0 Å². The highest BCUT2D eigenvalue weighted by molar-refractivity contribution is 7.98. The van der Waals surface area contributed by atoms with Gasteiger partial charge in [0.05, 0.1) is 0 Å². The molecule has 0 aliphatic rings. The third-order valence-corrected chi connectivity index (χ3v) is 4.72. The predicted molar refractivity (Wildman–Crippen MR) is 107 cm³/mol. The number of hydrogen-bond donors (Lipinski definition) is 1. The lowest BCUT2D eigenvalue weighted by molar-refractivity contribution is 0.0487. The van der Waals surface area contributed by atoms with Crippen LogP contribution in [0, 0.1) is 11.7 Å². The fraction of sp³-hybridized carbons (Fsp3) is 0.526. The Hall–Kier alpha value is -1.80. The molecule has 154 valence electrons. The fourth-order valence-electron chi connectivity index (χ4n) is 2.37. The van der Waals surface area contributed by atoms with Crippen LogP contribution in [0.4, 0.5) is 9.18 Å².